The van der Waals surface area contributed by atoms with Gasteiger partial charge in [0.05, 0.1) is 27.6 Å². The molecule has 0 amide bonds. The molecule has 1 aromatic rings. The lowest BCUT2D eigenvalue weighted by Gasteiger charge is -2.52. The van der Waals surface area contributed by atoms with E-state index in [4.69, 9.17) is 0 Å². The van der Waals surface area contributed by atoms with Gasteiger partial charge in [-0.1, -0.05) is 53.9 Å². The van der Waals surface area contributed by atoms with Crippen LogP contribution in [0.3, 0.4) is 0 Å². The molecule has 0 bridgehead atoms. The number of aliphatic hydroxyl groups excluding tert-OH is 1. The molecular weight excluding hydrogens is 548 g/mol. The highest BCUT2D eigenvalue weighted by Gasteiger charge is 2.71. The van der Waals surface area contributed by atoms with E-state index in [2.05, 4.69) is 45.1 Å². The van der Waals surface area contributed by atoms with Crippen LogP contribution in [0.4, 0.5) is 17.1 Å². The zero-order valence-electron chi connectivity index (χ0n) is 26.4. The van der Waals surface area contributed by atoms with Crippen LogP contribution in [0.2, 0.25) is 0 Å². The van der Waals surface area contributed by atoms with Gasteiger partial charge in [0.15, 0.2) is 0 Å². The van der Waals surface area contributed by atoms with Crippen molar-refractivity contribution in [3.63, 3.8) is 0 Å². The Hall–Kier alpha value is -2.59. The minimum absolute atomic E-state index is 0.0597. The monoisotopic (exact) mass is 598 g/mol. The molecule has 0 aromatic heterocycles. The van der Waals surface area contributed by atoms with Crippen LogP contribution in [-0.2, 0) is 0 Å². The molecule has 4 aliphatic rings. The standard InChI is InChI=1S/C33H50N4O6/c1-20(2)7-6-8-21(3)24-10-11-25-30-26(14-15-31(24,25)4)32(5)16-13-23(38)18-33(32,39)27(30)19-34-35-28-12-9-22(36(40)41)17-29(28)37(42)43/h9,12,17,19-21,23-27,30,35,38-39H,6-8,10-11,13-16,18H2,1-5H3/b34-19+/t21-,23+,24-,25?,26?,27-,30?,31-,32-,33-/m1/s1. The van der Waals surface area contributed by atoms with Gasteiger partial charge in [-0.05, 0) is 85.5 Å². The highest BCUT2D eigenvalue weighted by molar-refractivity contribution is 5.70. The fourth-order valence-corrected chi connectivity index (χ4v) is 10.5. The van der Waals surface area contributed by atoms with E-state index in [0.717, 1.165) is 31.7 Å². The average molecular weight is 599 g/mol. The summed E-state index contributed by atoms with van der Waals surface area (Å²) in [6, 6.07) is 3.44. The minimum Gasteiger partial charge on any atom is -0.393 e. The molecule has 0 aliphatic heterocycles. The van der Waals surface area contributed by atoms with Crippen molar-refractivity contribution in [3.8, 4) is 0 Å². The van der Waals surface area contributed by atoms with Crippen molar-refractivity contribution in [2.24, 2.45) is 57.4 Å². The number of nitro benzene ring substituents is 2. The second kappa shape index (κ2) is 11.7. The molecule has 4 fully saturated rings. The van der Waals surface area contributed by atoms with Gasteiger partial charge < -0.3 is 10.2 Å². The molecule has 4 saturated carbocycles. The van der Waals surface area contributed by atoms with Gasteiger partial charge in [0.2, 0.25) is 0 Å². The maximum atomic E-state index is 12.6. The Morgan fingerprint density at radius 3 is 2.47 bits per heavy atom. The van der Waals surface area contributed by atoms with Crippen LogP contribution in [-0.4, -0.2) is 38.0 Å². The maximum Gasteiger partial charge on any atom is 0.301 e. The van der Waals surface area contributed by atoms with Crippen LogP contribution in [0, 0.1) is 72.5 Å². The van der Waals surface area contributed by atoms with Gasteiger partial charge in [-0.3, -0.25) is 25.7 Å². The molecule has 0 spiro atoms. The molecule has 10 atom stereocenters. The third-order valence-electron chi connectivity index (χ3n) is 12.7. The Kier molecular flexibility index (Phi) is 8.68. The Bertz CT molecular complexity index is 1260. The third-order valence-corrected chi connectivity index (χ3v) is 12.7. The minimum atomic E-state index is -1.14. The van der Waals surface area contributed by atoms with Crippen molar-refractivity contribution in [2.45, 2.75) is 111 Å². The maximum absolute atomic E-state index is 12.6. The molecule has 1 aromatic carbocycles. The summed E-state index contributed by atoms with van der Waals surface area (Å²) in [6.07, 6.45) is 11.2. The summed E-state index contributed by atoms with van der Waals surface area (Å²) in [7, 11) is 0. The third kappa shape index (κ3) is 5.36. The van der Waals surface area contributed by atoms with E-state index in [1.807, 2.05) is 0 Å². The molecule has 10 nitrogen and oxygen atoms in total. The van der Waals surface area contributed by atoms with E-state index in [1.165, 1.54) is 37.8 Å². The SMILES string of the molecule is CC(C)CCC[C@@H](C)[C@H]1CCC2C3C(CC[C@@]21C)[C@@]1(C)CC[C@H](O)C[C@@]1(O)[C@@H]3/C=N/Nc1ccc([N+](=O)[O-])cc1[N+](=O)[O-]. The summed E-state index contributed by atoms with van der Waals surface area (Å²) in [5, 5.41) is 50.7. The first kappa shape index (κ1) is 31.8. The number of non-ortho nitro benzene ring substituents is 1. The van der Waals surface area contributed by atoms with E-state index in [0.29, 0.717) is 42.4 Å². The smallest absolute Gasteiger partial charge is 0.301 e. The Labute approximate surface area is 255 Å². The van der Waals surface area contributed by atoms with Gasteiger partial charge in [-0.25, -0.2) is 0 Å². The molecule has 3 N–H and O–H groups in total. The van der Waals surface area contributed by atoms with E-state index >= 15 is 0 Å². The summed E-state index contributed by atoms with van der Waals surface area (Å²) < 4.78 is 0. The van der Waals surface area contributed by atoms with Gasteiger partial charge in [0, 0.05) is 30.0 Å². The molecule has 3 unspecified atom stereocenters. The van der Waals surface area contributed by atoms with Crippen molar-refractivity contribution in [1.29, 1.82) is 0 Å². The Morgan fingerprint density at radius 1 is 1.05 bits per heavy atom. The second-order valence-corrected chi connectivity index (χ2v) is 15.2. The Morgan fingerprint density at radius 2 is 1.79 bits per heavy atom. The molecular formula is C33H50N4O6. The van der Waals surface area contributed by atoms with Gasteiger partial charge in [-0.15, -0.1) is 0 Å². The van der Waals surface area contributed by atoms with Crippen molar-refractivity contribution in [2.75, 3.05) is 5.43 Å². The number of hydrogen-bond acceptors (Lipinski definition) is 8. The number of anilines is 1. The van der Waals surface area contributed by atoms with Crippen LogP contribution >= 0.6 is 0 Å². The fraction of sp³-hybridized carbons (Fsp3) is 0.788. The average Bonchev–Trinajstić information content (AvgIpc) is 3.38. The quantitative estimate of drug-likeness (QED) is 0.145. The lowest BCUT2D eigenvalue weighted by Crippen LogP contribution is -2.54. The topological polar surface area (TPSA) is 151 Å². The number of nitrogens with zero attached hydrogens (tertiary/aromatic N) is 3. The molecule has 43 heavy (non-hydrogen) atoms. The normalized spacial score (nSPS) is 39.3. The summed E-state index contributed by atoms with van der Waals surface area (Å²) in [6.45, 7) is 11.7. The summed E-state index contributed by atoms with van der Waals surface area (Å²) in [5.74, 6) is 2.62. The Balaban J connectivity index is 1.46. The summed E-state index contributed by atoms with van der Waals surface area (Å²) in [4.78, 5) is 21.5. The summed E-state index contributed by atoms with van der Waals surface area (Å²) in [5.41, 5.74) is 0.730. The highest BCUT2D eigenvalue weighted by Crippen LogP contribution is 2.72. The van der Waals surface area contributed by atoms with Gasteiger partial charge >= 0.3 is 5.69 Å². The van der Waals surface area contributed by atoms with E-state index in [1.54, 1.807) is 6.21 Å². The van der Waals surface area contributed by atoms with Gasteiger partial charge in [0.1, 0.15) is 5.69 Å². The zero-order valence-corrected chi connectivity index (χ0v) is 26.4. The first-order chi connectivity index (χ1) is 20.2. The predicted octanol–water partition coefficient (Wildman–Crippen LogP) is 7.33. The van der Waals surface area contributed by atoms with Gasteiger partial charge in [0.25, 0.3) is 5.69 Å². The predicted molar refractivity (Wildman–Crippen MR) is 167 cm³/mol. The molecule has 238 valence electrons. The molecule has 5 rings (SSSR count). The number of aliphatic hydroxyl groups is 2. The number of fused-ring (bicyclic) bond motifs is 5. The van der Waals surface area contributed by atoms with Crippen LogP contribution in [0.5, 0.6) is 0 Å². The van der Waals surface area contributed by atoms with Crippen LogP contribution in [0.25, 0.3) is 0 Å². The van der Waals surface area contributed by atoms with E-state index in [9.17, 15) is 30.4 Å². The van der Waals surface area contributed by atoms with Crippen LogP contribution in [0.15, 0.2) is 23.3 Å². The molecule has 4 aliphatic carbocycles. The van der Waals surface area contributed by atoms with Crippen molar-refractivity contribution >= 4 is 23.3 Å². The zero-order chi connectivity index (χ0) is 31.3. The lowest BCUT2D eigenvalue weighted by molar-refractivity contribution is -0.393. The molecule has 0 saturated heterocycles. The fourth-order valence-electron chi connectivity index (χ4n) is 10.5. The van der Waals surface area contributed by atoms with Crippen molar-refractivity contribution in [3.05, 3.63) is 38.4 Å². The van der Waals surface area contributed by atoms with Gasteiger partial charge in [-0.2, -0.15) is 5.10 Å². The highest BCUT2D eigenvalue weighted by atomic mass is 16.6. The largest absolute Gasteiger partial charge is 0.393 e. The van der Waals surface area contributed by atoms with Crippen molar-refractivity contribution in [1.82, 2.24) is 0 Å². The van der Waals surface area contributed by atoms with Crippen LogP contribution in [0.1, 0.15) is 98.8 Å². The number of rotatable bonds is 10. The first-order valence-electron chi connectivity index (χ1n) is 16.4. The molecule has 0 heterocycles. The number of nitrogens with one attached hydrogen (secondary N) is 1. The molecule has 0 radical (unpaired) electrons. The second-order valence-electron chi connectivity index (χ2n) is 15.2. The van der Waals surface area contributed by atoms with Crippen molar-refractivity contribution < 1.29 is 20.1 Å². The number of nitro groups is 2. The number of hydrogen-bond donors (Lipinski definition) is 3. The van der Waals surface area contributed by atoms with Crippen LogP contribution < -0.4 is 5.43 Å². The summed E-state index contributed by atoms with van der Waals surface area (Å²) >= 11 is 0. The van der Waals surface area contributed by atoms with E-state index < -0.39 is 27.2 Å². The number of hydrazone groups is 1. The number of benzene rings is 1. The molecule has 10 heteroatoms. The lowest BCUT2D eigenvalue weighted by atomic mass is 9.53. The first-order valence-corrected chi connectivity index (χ1v) is 16.4. The van der Waals surface area contributed by atoms with E-state index in [-0.39, 0.29) is 34.0 Å².